The van der Waals surface area contributed by atoms with Crippen molar-refractivity contribution in [1.82, 2.24) is 9.55 Å². The van der Waals surface area contributed by atoms with Gasteiger partial charge in [0.05, 0.1) is 16.5 Å². The minimum absolute atomic E-state index is 0.0693. The van der Waals surface area contributed by atoms with Gasteiger partial charge in [-0.25, -0.2) is 9.78 Å². The molecule has 0 spiro atoms. The van der Waals surface area contributed by atoms with E-state index in [4.69, 9.17) is 4.74 Å². The minimum Gasteiger partial charge on any atom is -0.451 e. The van der Waals surface area contributed by atoms with Crippen LogP contribution >= 0.6 is 0 Å². The summed E-state index contributed by atoms with van der Waals surface area (Å²) in [5.74, 6) is -0.0961. The Labute approximate surface area is 180 Å². The lowest BCUT2D eigenvalue weighted by Gasteiger charge is -2.14. The number of fused-ring (bicyclic) bond motifs is 2. The van der Waals surface area contributed by atoms with Crippen LogP contribution in [-0.2, 0) is 17.7 Å². The summed E-state index contributed by atoms with van der Waals surface area (Å²) < 4.78 is 7.18. The van der Waals surface area contributed by atoms with Crippen molar-refractivity contribution in [1.29, 1.82) is 0 Å². The Morgan fingerprint density at radius 2 is 1.77 bits per heavy atom. The van der Waals surface area contributed by atoms with Gasteiger partial charge < -0.3 is 4.74 Å². The molecular formula is C25H26N2O4. The van der Waals surface area contributed by atoms with Crippen molar-refractivity contribution in [2.45, 2.75) is 59.1 Å². The maximum atomic E-state index is 12.8. The number of aryl methyl sites for hydroxylation is 3. The quantitative estimate of drug-likeness (QED) is 0.469. The van der Waals surface area contributed by atoms with E-state index in [1.165, 1.54) is 0 Å². The van der Waals surface area contributed by atoms with Gasteiger partial charge in [0.25, 0.3) is 5.56 Å². The minimum atomic E-state index is -0.920. The van der Waals surface area contributed by atoms with E-state index in [9.17, 15) is 14.4 Å². The first-order chi connectivity index (χ1) is 14.8. The predicted octanol–water partition coefficient (Wildman–Crippen LogP) is 4.17. The fourth-order valence-electron chi connectivity index (χ4n) is 3.96. The van der Waals surface area contributed by atoms with E-state index in [0.717, 1.165) is 42.6 Å². The van der Waals surface area contributed by atoms with Crippen molar-refractivity contribution >= 4 is 22.7 Å². The van der Waals surface area contributed by atoms with E-state index in [1.54, 1.807) is 41.8 Å². The molecule has 0 amide bonds. The average Bonchev–Trinajstić information content (AvgIpc) is 3.00. The van der Waals surface area contributed by atoms with E-state index in [0.29, 0.717) is 23.0 Å². The Hall–Kier alpha value is -3.28. The Morgan fingerprint density at radius 1 is 1.00 bits per heavy atom. The lowest BCUT2D eigenvalue weighted by Crippen LogP contribution is -2.26. The summed E-state index contributed by atoms with van der Waals surface area (Å²) in [6.07, 6.45) is 2.87. The molecule has 2 aromatic carbocycles. The zero-order valence-corrected chi connectivity index (χ0v) is 18.1. The molecule has 2 heterocycles. The summed E-state index contributed by atoms with van der Waals surface area (Å²) in [6, 6.07) is 10.2. The lowest BCUT2D eigenvalue weighted by atomic mass is 10.0. The average molecular weight is 418 g/mol. The highest BCUT2D eigenvalue weighted by Crippen LogP contribution is 2.18. The smallest absolute Gasteiger partial charge is 0.338 e. The first kappa shape index (κ1) is 21.0. The standard InChI is InChI=1S/C25H26N2O4/c1-15-8-9-18(13-16(15)2)23(28)17(3)31-25(30)19-10-11-20-21(14-19)26-22-7-5-4-6-12-27(22)24(20)29/h8-11,13-14,17H,4-7,12H2,1-3H3/t17-/m0/s1. The van der Waals surface area contributed by atoms with Gasteiger partial charge in [-0.3, -0.25) is 14.2 Å². The van der Waals surface area contributed by atoms with E-state index in [2.05, 4.69) is 4.98 Å². The molecule has 0 bridgehead atoms. The SMILES string of the molecule is Cc1ccc(C(=O)[C@H](C)OC(=O)c2ccc3c(=O)n4c(nc3c2)CCCCC4)cc1C. The predicted molar refractivity (Wildman–Crippen MR) is 119 cm³/mol. The molecule has 0 radical (unpaired) electrons. The monoisotopic (exact) mass is 418 g/mol. The number of esters is 1. The van der Waals surface area contributed by atoms with Crippen LogP contribution in [-0.4, -0.2) is 27.4 Å². The van der Waals surface area contributed by atoms with Crippen LogP contribution in [0.3, 0.4) is 0 Å². The summed E-state index contributed by atoms with van der Waals surface area (Å²) in [6.45, 7) is 6.17. The molecule has 1 aromatic heterocycles. The largest absolute Gasteiger partial charge is 0.451 e. The molecule has 4 rings (SSSR count). The summed E-state index contributed by atoms with van der Waals surface area (Å²) in [7, 11) is 0. The molecule has 1 atom stereocenters. The Bertz CT molecular complexity index is 1240. The van der Waals surface area contributed by atoms with Gasteiger partial charge in [0.1, 0.15) is 5.82 Å². The van der Waals surface area contributed by atoms with E-state index in [-0.39, 0.29) is 16.9 Å². The molecule has 0 saturated carbocycles. The van der Waals surface area contributed by atoms with Crippen LogP contribution in [0.4, 0.5) is 0 Å². The van der Waals surface area contributed by atoms with Crippen molar-refractivity contribution in [2.75, 3.05) is 0 Å². The zero-order chi connectivity index (χ0) is 22.1. The summed E-state index contributed by atoms with van der Waals surface area (Å²) in [4.78, 5) is 42.9. The first-order valence-electron chi connectivity index (χ1n) is 10.7. The Kier molecular flexibility index (Phi) is 5.72. The molecule has 6 nitrogen and oxygen atoms in total. The molecule has 6 heteroatoms. The molecule has 1 aliphatic heterocycles. The number of ether oxygens (including phenoxy) is 1. The second kappa shape index (κ2) is 8.46. The van der Waals surface area contributed by atoms with Crippen LogP contribution < -0.4 is 5.56 Å². The summed E-state index contributed by atoms with van der Waals surface area (Å²) >= 11 is 0. The number of carbonyl (C=O) groups excluding carboxylic acids is 2. The van der Waals surface area contributed by atoms with Gasteiger partial charge in [-0.2, -0.15) is 0 Å². The Morgan fingerprint density at radius 3 is 2.55 bits per heavy atom. The number of hydrogen-bond donors (Lipinski definition) is 0. The zero-order valence-electron chi connectivity index (χ0n) is 18.1. The fourth-order valence-corrected chi connectivity index (χ4v) is 3.96. The molecule has 3 aromatic rings. The topological polar surface area (TPSA) is 78.3 Å². The van der Waals surface area contributed by atoms with Crippen LogP contribution in [0.25, 0.3) is 10.9 Å². The number of ketones is 1. The molecule has 0 unspecified atom stereocenters. The van der Waals surface area contributed by atoms with E-state index >= 15 is 0 Å². The molecule has 31 heavy (non-hydrogen) atoms. The van der Waals surface area contributed by atoms with Crippen molar-refractivity contribution in [2.24, 2.45) is 0 Å². The van der Waals surface area contributed by atoms with Crippen LogP contribution in [0.1, 0.15) is 63.9 Å². The van der Waals surface area contributed by atoms with Crippen molar-refractivity contribution in [3.63, 3.8) is 0 Å². The van der Waals surface area contributed by atoms with Crippen molar-refractivity contribution in [3.05, 3.63) is 74.8 Å². The van der Waals surface area contributed by atoms with Gasteiger partial charge in [0, 0.05) is 18.5 Å². The van der Waals surface area contributed by atoms with Gasteiger partial charge in [0.2, 0.25) is 5.78 Å². The van der Waals surface area contributed by atoms with Crippen LogP contribution in [0, 0.1) is 13.8 Å². The lowest BCUT2D eigenvalue weighted by molar-refractivity contribution is 0.0319. The normalized spacial score (nSPS) is 14.5. The summed E-state index contributed by atoms with van der Waals surface area (Å²) in [5, 5.41) is 0.487. The molecule has 0 fully saturated rings. The second-order valence-electron chi connectivity index (χ2n) is 8.24. The highest BCUT2D eigenvalue weighted by Gasteiger charge is 2.22. The van der Waals surface area contributed by atoms with Gasteiger partial charge in [-0.15, -0.1) is 0 Å². The number of carbonyl (C=O) groups is 2. The third-order valence-electron chi connectivity index (χ3n) is 6.00. The van der Waals surface area contributed by atoms with E-state index < -0.39 is 12.1 Å². The Balaban J connectivity index is 1.58. The number of aromatic nitrogens is 2. The van der Waals surface area contributed by atoms with Crippen molar-refractivity contribution in [3.8, 4) is 0 Å². The number of nitrogens with zero attached hydrogens (tertiary/aromatic N) is 2. The highest BCUT2D eigenvalue weighted by atomic mass is 16.5. The maximum absolute atomic E-state index is 12.8. The molecule has 160 valence electrons. The molecule has 0 saturated heterocycles. The highest BCUT2D eigenvalue weighted by molar-refractivity contribution is 6.02. The number of Topliss-reactive ketones (excluding diaryl/α,β-unsaturated/α-hetero) is 1. The fraction of sp³-hybridized carbons (Fsp3) is 0.360. The third kappa shape index (κ3) is 4.15. The van der Waals surface area contributed by atoms with Gasteiger partial charge in [0.15, 0.2) is 6.10 Å². The maximum Gasteiger partial charge on any atom is 0.338 e. The number of rotatable bonds is 4. The van der Waals surface area contributed by atoms with Crippen LogP contribution in [0.5, 0.6) is 0 Å². The molecule has 0 N–H and O–H groups in total. The van der Waals surface area contributed by atoms with Gasteiger partial charge in [-0.1, -0.05) is 18.6 Å². The van der Waals surface area contributed by atoms with Crippen molar-refractivity contribution < 1.29 is 14.3 Å². The molecule has 0 aliphatic carbocycles. The van der Waals surface area contributed by atoms with Gasteiger partial charge >= 0.3 is 5.97 Å². The van der Waals surface area contributed by atoms with Crippen LogP contribution in [0.2, 0.25) is 0 Å². The van der Waals surface area contributed by atoms with Crippen LogP contribution in [0.15, 0.2) is 41.2 Å². The molecule has 1 aliphatic rings. The number of benzene rings is 2. The first-order valence-corrected chi connectivity index (χ1v) is 10.7. The molecular weight excluding hydrogens is 392 g/mol. The van der Waals surface area contributed by atoms with E-state index in [1.807, 2.05) is 19.9 Å². The third-order valence-corrected chi connectivity index (χ3v) is 6.00. The number of hydrogen-bond acceptors (Lipinski definition) is 5. The summed E-state index contributed by atoms with van der Waals surface area (Å²) in [5.41, 5.74) is 3.31. The van der Waals surface area contributed by atoms with Gasteiger partial charge in [-0.05, 0) is 69.0 Å². The second-order valence-corrected chi connectivity index (χ2v) is 8.24.